The molecule has 10 heteroatoms. The molecule has 1 aliphatic carbocycles. The summed E-state index contributed by atoms with van der Waals surface area (Å²) in [5, 5.41) is 12.2. The molecular weight excluding hydrogens is 412 g/mol. The van der Waals surface area contributed by atoms with E-state index in [1.165, 1.54) is 29.7 Å². The minimum Gasteiger partial charge on any atom is -0.437 e. The number of nitrogens with zero attached hydrogens (tertiary/aromatic N) is 5. The van der Waals surface area contributed by atoms with Gasteiger partial charge in [0.05, 0.1) is 4.70 Å². The second-order valence-corrected chi connectivity index (χ2v) is 8.23. The first-order chi connectivity index (χ1) is 14.0. The molecule has 0 amide bonds. The standard InChI is InChI=1S/C19H15ClN6O2S/c1-26-9-11(10-2-3-10)6-13(18(26)27)22-19-23-17-14(29-19)8-16(24-25-17)28-12-4-5-21-15(20)7-12/h4-10H,2-3H2,1H3,(H,22,23,25). The fourth-order valence-electron chi connectivity index (χ4n) is 2.98. The van der Waals surface area contributed by atoms with Gasteiger partial charge in [0, 0.05) is 31.6 Å². The van der Waals surface area contributed by atoms with E-state index in [0.29, 0.717) is 39.2 Å². The maximum absolute atomic E-state index is 12.5. The van der Waals surface area contributed by atoms with Gasteiger partial charge in [-0.2, -0.15) is 4.98 Å². The molecule has 0 aromatic carbocycles. The van der Waals surface area contributed by atoms with Crippen molar-refractivity contribution in [1.29, 1.82) is 0 Å². The van der Waals surface area contributed by atoms with E-state index in [1.807, 2.05) is 12.3 Å². The average molecular weight is 427 g/mol. The van der Waals surface area contributed by atoms with Gasteiger partial charge in [0.25, 0.3) is 5.56 Å². The number of fused-ring (bicyclic) bond motifs is 1. The van der Waals surface area contributed by atoms with Crippen molar-refractivity contribution in [2.75, 3.05) is 5.32 Å². The first-order valence-corrected chi connectivity index (χ1v) is 10.2. The van der Waals surface area contributed by atoms with Crippen molar-refractivity contribution in [2.45, 2.75) is 18.8 Å². The maximum Gasteiger partial charge on any atom is 0.274 e. The van der Waals surface area contributed by atoms with Crippen LogP contribution in [0.15, 0.2) is 41.5 Å². The number of aryl methyl sites for hydroxylation is 1. The molecule has 4 heterocycles. The number of anilines is 2. The normalized spacial score (nSPS) is 13.6. The Hall–Kier alpha value is -3.04. The zero-order valence-electron chi connectivity index (χ0n) is 15.3. The Balaban J connectivity index is 1.42. The maximum atomic E-state index is 12.5. The fourth-order valence-corrected chi connectivity index (χ4v) is 3.98. The lowest BCUT2D eigenvalue weighted by Crippen LogP contribution is -2.19. The van der Waals surface area contributed by atoms with E-state index in [9.17, 15) is 4.79 Å². The highest BCUT2D eigenvalue weighted by molar-refractivity contribution is 7.22. The lowest BCUT2D eigenvalue weighted by Gasteiger charge is -2.08. The average Bonchev–Trinajstić information content (AvgIpc) is 3.46. The van der Waals surface area contributed by atoms with Gasteiger partial charge in [-0.1, -0.05) is 22.9 Å². The molecule has 1 N–H and O–H groups in total. The Morgan fingerprint density at radius 3 is 2.93 bits per heavy atom. The Labute approximate surface area is 174 Å². The first-order valence-electron chi connectivity index (χ1n) is 8.96. The molecule has 5 rings (SSSR count). The van der Waals surface area contributed by atoms with E-state index in [4.69, 9.17) is 16.3 Å². The molecule has 146 valence electrons. The Bertz CT molecular complexity index is 1280. The molecule has 0 bridgehead atoms. The predicted octanol–water partition coefficient (Wildman–Crippen LogP) is 4.25. The monoisotopic (exact) mass is 426 g/mol. The van der Waals surface area contributed by atoms with Gasteiger partial charge in [-0.25, -0.2) is 4.98 Å². The second-order valence-electron chi connectivity index (χ2n) is 6.81. The van der Waals surface area contributed by atoms with E-state index in [-0.39, 0.29) is 5.56 Å². The smallest absolute Gasteiger partial charge is 0.274 e. The molecule has 0 spiro atoms. The van der Waals surface area contributed by atoms with Crippen molar-refractivity contribution in [3.05, 3.63) is 57.7 Å². The molecule has 1 fully saturated rings. The summed E-state index contributed by atoms with van der Waals surface area (Å²) in [6, 6.07) is 6.94. The summed E-state index contributed by atoms with van der Waals surface area (Å²) in [7, 11) is 1.76. The molecule has 0 aliphatic heterocycles. The van der Waals surface area contributed by atoms with Gasteiger partial charge < -0.3 is 14.6 Å². The van der Waals surface area contributed by atoms with Crippen LogP contribution < -0.4 is 15.6 Å². The summed E-state index contributed by atoms with van der Waals surface area (Å²) in [5.41, 5.74) is 2.06. The van der Waals surface area contributed by atoms with Crippen LogP contribution in [0, 0.1) is 0 Å². The Kier molecular flexibility index (Phi) is 4.40. The molecule has 4 aromatic rings. The number of aromatic nitrogens is 5. The van der Waals surface area contributed by atoms with Crippen LogP contribution in [0.1, 0.15) is 24.3 Å². The molecule has 0 unspecified atom stereocenters. The van der Waals surface area contributed by atoms with Crippen molar-refractivity contribution >= 4 is 44.1 Å². The summed E-state index contributed by atoms with van der Waals surface area (Å²) in [6.45, 7) is 0. The predicted molar refractivity (Wildman–Crippen MR) is 111 cm³/mol. The van der Waals surface area contributed by atoms with Crippen LogP contribution in [0.25, 0.3) is 10.3 Å². The third-order valence-electron chi connectivity index (χ3n) is 4.55. The van der Waals surface area contributed by atoms with Crippen LogP contribution in [0.4, 0.5) is 10.8 Å². The number of ether oxygens (including phenoxy) is 1. The molecule has 0 atom stereocenters. The third-order valence-corrected chi connectivity index (χ3v) is 5.66. The van der Waals surface area contributed by atoms with Gasteiger partial charge in [0.1, 0.15) is 16.6 Å². The van der Waals surface area contributed by atoms with Crippen LogP contribution >= 0.6 is 22.9 Å². The van der Waals surface area contributed by atoms with E-state index in [0.717, 1.165) is 4.70 Å². The number of halogens is 1. The largest absolute Gasteiger partial charge is 0.437 e. The summed E-state index contributed by atoms with van der Waals surface area (Å²) in [5.74, 6) is 1.38. The molecule has 29 heavy (non-hydrogen) atoms. The summed E-state index contributed by atoms with van der Waals surface area (Å²) in [6.07, 6.45) is 5.79. The Morgan fingerprint density at radius 1 is 1.28 bits per heavy atom. The van der Waals surface area contributed by atoms with E-state index in [2.05, 4.69) is 25.5 Å². The van der Waals surface area contributed by atoms with E-state index < -0.39 is 0 Å². The highest BCUT2D eigenvalue weighted by Crippen LogP contribution is 2.40. The lowest BCUT2D eigenvalue weighted by molar-refractivity contribution is 0.456. The van der Waals surface area contributed by atoms with Gasteiger partial charge in [0.2, 0.25) is 5.88 Å². The van der Waals surface area contributed by atoms with Gasteiger partial charge in [-0.05, 0) is 36.5 Å². The molecule has 1 saturated carbocycles. The van der Waals surface area contributed by atoms with Crippen molar-refractivity contribution in [3.8, 4) is 11.6 Å². The van der Waals surface area contributed by atoms with Crippen LogP contribution in [0.3, 0.4) is 0 Å². The number of hydrogen-bond acceptors (Lipinski definition) is 8. The lowest BCUT2D eigenvalue weighted by atomic mass is 10.2. The molecule has 0 radical (unpaired) electrons. The highest BCUT2D eigenvalue weighted by Gasteiger charge is 2.25. The van der Waals surface area contributed by atoms with Crippen molar-refractivity contribution in [1.82, 2.24) is 24.7 Å². The number of thiazole rings is 1. The van der Waals surface area contributed by atoms with Crippen LogP contribution in [-0.2, 0) is 7.05 Å². The molecular formula is C19H15ClN6O2S. The first kappa shape index (κ1) is 18.0. The third kappa shape index (κ3) is 3.79. The molecule has 1 aliphatic rings. The zero-order chi connectivity index (χ0) is 20.0. The molecule has 8 nitrogen and oxygen atoms in total. The van der Waals surface area contributed by atoms with Crippen LogP contribution in [0.5, 0.6) is 11.6 Å². The van der Waals surface area contributed by atoms with Gasteiger partial charge in [0.15, 0.2) is 10.8 Å². The van der Waals surface area contributed by atoms with Crippen LogP contribution in [0.2, 0.25) is 5.15 Å². The topological polar surface area (TPSA) is 94.8 Å². The van der Waals surface area contributed by atoms with Crippen molar-refractivity contribution in [2.24, 2.45) is 7.05 Å². The molecule has 0 saturated heterocycles. The minimum absolute atomic E-state index is 0.0988. The van der Waals surface area contributed by atoms with Gasteiger partial charge in [-0.3, -0.25) is 4.79 Å². The summed E-state index contributed by atoms with van der Waals surface area (Å²) in [4.78, 5) is 20.8. The second kappa shape index (κ2) is 7.09. The fraction of sp³-hybridized carbons (Fsp3) is 0.211. The Morgan fingerprint density at radius 2 is 2.14 bits per heavy atom. The van der Waals surface area contributed by atoms with Crippen molar-refractivity contribution < 1.29 is 4.74 Å². The number of nitrogens with one attached hydrogen (secondary N) is 1. The molecule has 4 aromatic heterocycles. The highest BCUT2D eigenvalue weighted by atomic mass is 35.5. The zero-order valence-corrected chi connectivity index (χ0v) is 16.9. The van der Waals surface area contributed by atoms with Crippen molar-refractivity contribution in [3.63, 3.8) is 0 Å². The number of rotatable bonds is 5. The quantitative estimate of drug-likeness (QED) is 0.476. The van der Waals surface area contributed by atoms with E-state index >= 15 is 0 Å². The van der Waals surface area contributed by atoms with Gasteiger partial charge in [-0.15, -0.1) is 10.2 Å². The number of pyridine rings is 2. The van der Waals surface area contributed by atoms with E-state index in [1.54, 1.807) is 36.0 Å². The van der Waals surface area contributed by atoms with Gasteiger partial charge >= 0.3 is 0 Å². The minimum atomic E-state index is -0.0988. The summed E-state index contributed by atoms with van der Waals surface area (Å²) >= 11 is 7.25. The van der Waals surface area contributed by atoms with Crippen LogP contribution in [-0.4, -0.2) is 24.7 Å². The number of hydrogen-bond donors (Lipinski definition) is 1. The SMILES string of the molecule is Cn1cc(C2CC2)cc(Nc2nc3nnc(Oc4ccnc(Cl)c4)cc3s2)c1=O. The summed E-state index contributed by atoms with van der Waals surface area (Å²) < 4.78 is 8.08.